The van der Waals surface area contributed by atoms with Crippen LogP contribution in [0.5, 0.6) is 0 Å². The van der Waals surface area contributed by atoms with Crippen molar-refractivity contribution in [2.45, 2.75) is 45.0 Å². The zero-order valence-corrected chi connectivity index (χ0v) is 11.6. The van der Waals surface area contributed by atoms with Crippen LogP contribution < -0.4 is 5.73 Å². The highest BCUT2D eigenvalue weighted by Gasteiger charge is 2.31. The van der Waals surface area contributed by atoms with Crippen LogP contribution in [0.15, 0.2) is 24.3 Å². The first-order chi connectivity index (χ1) is 8.99. The minimum Gasteiger partial charge on any atom is -0.460 e. The van der Waals surface area contributed by atoms with Gasteiger partial charge in [-0.15, -0.1) is 0 Å². The molecule has 0 amide bonds. The zero-order chi connectivity index (χ0) is 15.6. The molecular formula is C14H18F3NO2. The fourth-order valence-electron chi connectivity index (χ4n) is 1.63. The average Bonchev–Trinajstić information content (AvgIpc) is 2.25. The number of alkyl halides is 3. The van der Waals surface area contributed by atoms with E-state index >= 15 is 0 Å². The van der Waals surface area contributed by atoms with E-state index in [2.05, 4.69) is 0 Å². The van der Waals surface area contributed by atoms with Crippen LogP contribution in [0.3, 0.4) is 0 Å². The SMILES string of the molecule is CC(C)(C)OC(=O)CC(N)c1cccc(C(F)(F)F)c1. The largest absolute Gasteiger partial charge is 0.460 e. The molecule has 0 bridgehead atoms. The van der Waals surface area contributed by atoms with Gasteiger partial charge in [-0.25, -0.2) is 0 Å². The summed E-state index contributed by atoms with van der Waals surface area (Å²) >= 11 is 0. The molecule has 20 heavy (non-hydrogen) atoms. The van der Waals surface area contributed by atoms with Crippen LogP contribution in [-0.2, 0) is 15.7 Å². The summed E-state index contributed by atoms with van der Waals surface area (Å²) in [7, 11) is 0. The van der Waals surface area contributed by atoms with Gasteiger partial charge in [0.15, 0.2) is 0 Å². The van der Waals surface area contributed by atoms with Crippen LogP contribution in [0.4, 0.5) is 13.2 Å². The molecule has 0 saturated carbocycles. The second-order valence-corrected chi connectivity index (χ2v) is 5.52. The molecule has 0 aliphatic heterocycles. The highest BCUT2D eigenvalue weighted by molar-refractivity contribution is 5.71. The number of ether oxygens (including phenoxy) is 1. The van der Waals surface area contributed by atoms with E-state index in [1.807, 2.05) is 0 Å². The van der Waals surface area contributed by atoms with E-state index in [0.29, 0.717) is 0 Å². The predicted octanol–water partition coefficient (Wildman–Crippen LogP) is 3.44. The minimum absolute atomic E-state index is 0.168. The van der Waals surface area contributed by atoms with Crippen molar-refractivity contribution in [1.82, 2.24) is 0 Å². The number of esters is 1. The van der Waals surface area contributed by atoms with E-state index < -0.39 is 29.4 Å². The maximum Gasteiger partial charge on any atom is 0.416 e. The van der Waals surface area contributed by atoms with Gasteiger partial charge < -0.3 is 10.5 Å². The molecule has 1 atom stereocenters. The Morgan fingerprint density at radius 3 is 2.40 bits per heavy atom. The molecule has 112 valence electrons. The van der Waals surface area contributed by atoms with E-state index in [9.17, 15) is 18.0 Å². The lowest BCUT2D eigenvalue weighted by atomic mass is 10.0. The van der Waals surface area contributed by atoms with Crippen LogP contribution >= 0.6 is 0 Å². The molecular weight excluding hydrogens is 271 g/mol. The van der Waals surface area contributed by atoms with Gasteiger partial charge in [-0.05, 0) is 38.5 Å². The van der Waals surface area contributed by atoms with E-state index in [-0.39, 0.29) is 12.0 Å². The number of hydrogen-bond acceptors (Lipinski definition) is 3. The molecule has 0 radical (unpaired) electrons. The average molecular weight is 289 g/mol. The third-order valence-corrected chi connectivity index (χ3v) is 2.45. The van der Waals surface area contributed by atoms with Crippen molar-refractivity contribution in [2.75, 3.05) is 0 Å². The number of carbonyl (C=O) groups excluding carboxylic acids is 1. The quantitative estimate of drug-likeness (QED) is 0.867. The van der Waals surface area contributed by atoms with Crippen LogP contribution in [0.25, 0.3) is 0 Å². The lowest BCUT2D eigenvalue weighted by Gasteiger charge is -2.21. The molecule has 0 aromatic heterocycles. The smallest absolute Gasteiger partial charge is 0.416 e. The summed E-state index contributed by atoms with van der Waals surface area (Å²) < 4.78 is 42.8. The fourth-order valence-corrected chi connectivity index (χ4v) is 1.63. The molecule has 0 fully saturated rings. The number of rotatable bonds is 3. The number of halogens is 3. The molecule has 0 aliphatic rings. The van der Waals surface area contributed by atoms with Gasteiger partial charge in [-0.1, -0.05) is 12.1 Å². The molecule has 1 rings (SSSR count). The Labute approximate surface area is 115 Å². The van der Waals surface area contributed by atoms with E-state index in [1.54, 1.807) is 20.8 Å². The number of carbonyl (C=O) groups is 1. The van der Waals surface area contributed by atoms with E-state index in [1.165, 1.54) is 12.1 Å². The maximum absolute atomic E-state index is 12.6. The molecule has 0 aliphatic carbocycles. The lowest BCUT2D eigenvalue weighted by Crippen LogP contribution is -2.26. The highest BCUT2D eigenvalue weighted by atomic mass is 19.4. The molecule has 0 spiro atoms. The Balaban J connectivity index is 2.78. The Kier molecular flexibility index (Phi) is 4.81. The summed E-state index contributed by atoms with van der Waals surface area (Å²) in [6.07, 6.45) is -4.60. The summed E-state index contributed by atoms with van der Waals surface area (Å²) in [5.41, 5.74) is 4.58. The first-order valence-electron chi connectivity index (χ1n) is 6.13. The van der Waals surface area contributed by atoms with Crippen molar-refractivity contribution < 1.29 is 22.7 Å². The third kappa shape index (κ3) is 5.21. The Morgan fingerprint density at radius 2 is 1.90 bits per heavy atom. The van der Waals surface area contributed by atoms with Crippen LogP contribution in [0, 0.1) is 0 Å². The minimum atomic E-state index is -4.43. The predicted molar refractivity (Wildman–Crippen MR) is 68.8 cm³/mol. The van der Waals surface area contributed by atoms with Crippen LogP contribution in [0.1, 0.15) is 44.4 Å². The van der Waals surface area contributed by atoms with Gasteiger partial charge in [0, 0.05) is 6.04 Å². The van der Waals surface area contributed by atoms with Crippen molar-refractivity contribution in [3.8, 4) is 0 Å². The molecule has 3 nitrogen and oxygen atoms in total. The molecule has 1 aromatic rings. The van der Waals surface area contributed by atoms with Crippen molar-refractivity contribution in [1.29, 1.82) is 0 Å². The third-order valence-electron chi connectivity index (χ3n) is 2.45. The second-order valence-electron chi connectivity index (χ2n) is 5.52. The van der Waals surface area contributed by atoms with Gasteiger partial charge in [0.25, 0.3) is 0 Å². The van der Waals surface area contributed by atoms with Gasteiger partial charge in [-0.3, -0.25) is 4.79 Å². The lowest BCUT2D eigenvalue weighted by molar-refractivity contribution is -0.155. The molecule has 1 aromatic carbocycles. The summed E-state index contributed by atoms with van der Waals surface area (Å²) in [5.74, 6) is -0.539. The summed E-state index contributed by atoms with van der Waals surface area (Å²) in [5, 5.41) is 0. The van der Waals surface area contributed by atoms with Crippen LogP contribution in [-0.4, -0.2) is 11.6 Å². The highest BCUT2D eigenvalue weighted by Crippen LogP contribution is 2.31. The molecule has 0 heterocycles. The van der Waals surface area contributed by atoms with Crippen molar-refractivity contribution in [3.63, 3.8) is 0 Å². The zero-order valence-electron chi connectivity index (χ0n) is 11.6. The van der Waals surface area contributed by atoms with Crippen molar-refractivity contribution in [2.24, 2.45) is 5.73 Å². The fraction of sp³-hybridized carbons (Fsp3) is 0.500. The van der Waals surface area contributed by atoms with Gasteiger partial charge in [0.2, 0.25) is 0 Å². The molecule has 2 N–H and O–H groups in total. The van der Waals surface area contributed by atoms with E-state index in [4.69, 9.17) is 10.5 Å². The Morgan fingerprint density at radius 1 is 1.30 bits per heavy atom. The molecule has 1 unspecified atom stereocenters. The normalized spacial score (nSPS) is 13.9. The summed E-state index contributed by atoms with van der Waals surface area (Å²) in [6.45, 7) is 5.13. The van der Waals surface area contributed by atoms with Gasteiger partial charge >= 0.3 is 12.1 Å². The number of benzene rings is 1. The second kappa shape index (κ2) is 5.83. The molecule has 0 saturated heterocycles. The topological polar surface area (TPSA) is 52.3 Å². The Hall–Kier alpha value is -1.56. The standard InChI is InChI=1S/C14H18F3NO2/c1-13(2,3)20-12(19)8-11(18)9-5-4-6-10(7-9)14(15,16)17/h4-7,11H,8,18H2,1-3H3. The monoisotopic (exact) mass is 289 g/mol. The Bertz CT molecular complexity index is 478. The number of hydrogen-bond donors (Lipinski definition) is 1. The maximum atomic E-state index is 12.6. The summed E-state index contributed by atoms with van der Waals surface area (Å²) in [4.78, 5) is 11.6. The van der Waals surface area contributed by atoms with Crippen molar-refractivity contribution >= 4 is 5.97 Å². The van der Waals surface area contributed by atoms with Crippen molar-refractivity contribution in [3.05, 3.63) is 35.4 Å². The number of nitrogens with two attached hydrogens (primary N) is 1. The van der Waals surface area contributed by atoms with Gasteiger partial charge in [0.05, 0.1) is 12.0 Å². The van der Waals surface area contributed by atoms with Gasteiger partial charge in [-0.2, -0.15) is 13.2 Å². The van der Waals surface area contributed by atoms with Crippen LogP contribution in [0.2, 0.25) is 0 Å². The molecule has 6 heteroatoms. The first kappa shape index (κ1) is 16.5. The van der Waals surface area contributed by atoms with E-state index in [0.717, 1.165) is 12.1 Å². The summed E-state index contributed by atoms with van der Waals surface area (Å²) in [6, 6.07) is 3.82. The first-order valence-corrected chi connectivity index (χ1v) is 6.13. The van der Waals surface area contributed by atoms with Gasteiger partial charge in [0.1, 0.15) is 5.60 Å².